The molecular weight excluding hydrogens is 248 g/mol. The molecule has 0 bridgehead atoms. The van der Waals surface area contributed by atoms with Crippen molar-refractivity contribution in [3.63, 3.8) is 0 Å². The van der Waals surface area contributed by atoms with Crippen molar-refractivity contribution in [3.8, 4) is 5.75 Å². The van der Waals surface area contributed by atoms with Gasteiger partial charge in [-0.15, -0.1) is 0 Å². The van der Waals surface area contributed by atoms with Crippen molar-refractivity contribution < 1.29 is 5.11 Å². The third kappa shape index (κ3) is 3.45. The smallest absolute Gasteiger partial charge is 0.122 e. The van der Waals surface area contributed by atoms with Crippen LogP contribution in [0.2, 0.25) is 0 Å². The number of nitrogens with one attached hydrogen (secondary N) is 1. The highest BCUT2D eigenvalue weighted by Gasteiger charge is 2.20. The van der Waals surface area contributed by atoms with Gasteiger partial charge in [-0.1, -0.05) is 25.8 Å². The third-order valence-electron chi connectivity index (χ3n) is 4.46. The fourth-order valence-electron chi connectivity index (χ4n) is 3.09. The van der Waals surface area contributed by atoms with Gasteiger partial charge in [0.15, 0.2) is 0 Å². The van der Waals surface area contributed by atoms with Crippen LogP contribution in [0.5, 0.6) is 5.75 Å². The van der Waals surface area contributed by atoms with Gasteiger partial charge < -0.3 is 15.3 Å². The van der Waals surface area contributed by atoms with Gasteiger partial charge in [-0.25, -0.2) is 0 Å². The Morgan fingerprint density at radius 3 is 2.65 bits per heavy atom. The quantitative estimate of drug-likeness (QED) is 0.829. The molecule has 1 fully saturated rings. The summed E-state index contributed by atoms with van der Waals surface area (Å²) in [6, 6.07) is 6.94. The topological polar surface area (TPSA) is 35.5 Å². The number of phenolic OH excluding ortho intramolecular Hbond substituents is 1. The Bertz CT molecular complexity index is 427. The number of hydrogen-bond donors (Lipinski definition) is 2. The first kappa shape index (κ1) is 15.2. The largest absolute Gasteiger partial charge is 0.508 e. The van der Waals surface area contributed by atoms with E-state index >= 15 is 0 Å². The summed E-state index contributed by atoms with van der Waals surface area (Å²) in [6.07, 6.45) is 6.31. The molecule has 112 valence electrons. The average Bonchev–Trinajstić information content (AvgIpc) is 2.98. The van der Waals surface area contributed by atoms with E-state index < -0.39 is 0 Å². The molecule has 20 heavy (non-hydrogen) atoms. The lowest BCUT2D eigenvalue weighted by molar-refractivity contribution is 0.452. The summed E-state index contributed by atoms with van der Waals surface area (Å²) in [5, 5.41) is 13.7. The summed E-state index contributed by atoms with van der Waals surface area (Å²) >= 11 is 0. The van der Waals surface area contributed by atoms with E-state index in [1.807, 2.05) is 6.07 Å². The van der Waals surface area contributed by atoms with E-state index in [1.54, 1.807) is 0 Å². The van der Waals surface area contributed by atoms with Crippen LogP contribution in [0, 0.1) is 0 Å². The fourth-order valence-corrected chi connectivity index (χ4v) is 3.09. The van der Waals surface area contributed by atoms with Crippen molar-refractivity contribution in [3.05, 3.63) is 23.8 Å². The lowest BCUT2D eigenvalue weighted by atomic mass is 10.1. The molecule has 1 aromatic rings. The number of nitrogens with zero attached hydrogens (tertiary/aromatic N) is 1. The minimum Gasteiger partial charge on any atom is -0.508 e. The van der Waals surface area contributed by atoms with E-state index in [4.69, 9.17) is 0 Å². The molecule has 0 aromatic heterocycles. The van der Waals surface area contributed by atoms with E-state index in [-0.39, 0.29) is 6.04 Å². The van der Waals surface area contributed by atoms with Crippen molar-refractivity contribution in [1.29, 1.82) is 0 Å². The van der Waals surface area contributed by atoms with Gasteiger partial charge in [-0.05, 0) is 38.8 Å². The Kier molecular flexibility index (Phi) is 5.30. The maximum Gasteiger partial charge on any atom is 0.122 e. The molecule has 1 aliphatic carbocycles. The average molecular weight is 276 g/mol. The summed E-state index contributed by atoms with van der Waals surface area (Å²) < 4.78 is 0. The molecule has 0 saturated heterocycles. The van der Waals surface area contributed by atoms with Gasteiger partial charge in [0.1, 0.15) is 5.75 Å². The number of aromatic hydroxyl groups is 1. The highest BCUT2D eigenvalue weighted by atomic mass is 16.3. The van der Waals surface area contributed by atoms with Gasteiger partial charge in [0.25, 0.3) is 0 Å². The Morgan fingerprint density at radius 2 is 2.05 bits per heavy atom. The molecule has 1 aliphatic rings. The summed E-state index contributed by atoms with van der Waals surface area (Å²) in [4.78, 5) is 2.32. The maximum absolute atomic E-state index is 10.3. The number of rotatable bonds is 6. The van der Waals surface area contributed by atoms with Gasteiger partial charge in [0.05, 0.1) is 0 Å². The van der Waals surface area contributed by atoms with Gasteiger partial charge >= 0.3 is 0 Å². The van der Waals surface area contributed by atoms with E-state index in [0.717, 1.165) is 24.2 Å². The molecule has 0 heterocycles. The van der Waals surface area contributed by atoms with Crippen molar-refractivity contribution in [2.75, 3.05) is 18.5 Å². The van der Waals surface area contributed by atoms with Crippen molar-refractivity contribution in [1.82, 2.24) is 5.32 Å². The SMILES string of the molecule is CCCNC(C)c1ccc(N(C)C2CCCC2)cc1O. The first-order valence-electron chi connectivity index (χ1n) is 7.92. The monoisotopic (exact) mass is 276 g/mol. The second-order valence-corrected chi connectivity index (χ2v) is 5.97. The first-order valence-corrected chi connectivity index (χ1v) is 7.92. The van der Waals surface area contributed by atoms with Crippen molar-refractivity contribution >= 4 is 5.69 Å². The van der Waals surface area contributed by atoms with E-state index in [0.29, 0.717) is 11.8 Å². The molecule has 3 nitrogen and oxygen atoms in total. The summed E-state index contributed by atoms with van der Waals surface area (Å²) in [5.41, 5.74) is 2.11. The Hall–Kier alpha value is -1.22. The number of benzene rings is 1. The molecule has 2 rings (SSSR count). The van der Waals surface area contributed by atoms with Crippen molar-refractivity contribution in [2.45, 2.75) is 58.0 Å². The zero-order chi connectivity index (χ0) is 14.5. The van der Waals surface area contributed by atoms with Crippen LogP contribution in [0.1, 0.15) is 57.6 Å². The molecule has 1 atom stereocenters. The molecule has 0 radical (unpaired) electrons. The Morgan fingerprint density at radius 1 is 1.35 bits per heavy atom. The predicted molar refractivity (Wildman–Crippen MR) is 85.5 cm³/mol. The van der Waals surface area contributed by atoms with Gasteiger partial charge in [0, 0.05) is 36.4 Å². The van der Waals surface area contributed by atoms with Crippen LogP contribution in [-0.4, -0.2) is 24.7 Å². The zero-order valence-corrected chi connectivity index (χ0v) is 13.0. The number of hydrogen-bond acceptors (Lipinski definition) is 3. The second kappa shape index (κ2) is 6.98. The van der Waals surface area contributed by atoms with Crippen LogP contribution in [0.3, 0.4) is 0 Å². The molecular formula is C17H28N2O. The van der Waals surface area contributed by atoms with Gasteiger partial charge in [-0.2, -0.15) is 0 Å². The molecule has 0 spiro atoms. The predicted octanol–water partition coefficient (Wildman–Crippen LogP) is 3.83. The number of phenols is 1. The summed E-state index contributed by atoms with van der Waals surface area (Å²) in [6.45, 7) is 5.23. The maximum atomic E-state index is 10.3. The highest BCUT2D eigenvalue weighted by Crippen LogP contribution is 2.32. The zero-order valence-electron chi connectivity index (χ0n) is 13.0. The molecule has 0 amide bonds. The summed E-state index contributed by atoms with van der Waals surface area (Å²) in [5.74, 6) is 0.406. The molecule has 1 aromatic carbocycles. The van der Waals surface area contributed by atoms with Crippen LogP contribution in [-0.2, 0) is 0 Å². The molecule has 3 heteroatoms. The fraction of sp³-hybridized carbons (Fsp3) is 0.647. The lowest BCUT2D eigenvalue weighted by Crippen LogP contribution is -2.28. The van der Waals surface area contributed by atoms with Crippen molar-refractivity contribution in [2.24, 2.45) is 0 Å². The van der Waals surface area contributed by atoms with Crippen LogP contribution in [0.15, 0.2) is 18.2 Å². The van der Waals surface area contributed by atoms with E-state index in [1.165, 1.54) is 25.7 Å². The lowest BCUT2D eigenvalue weighted by Gasteiger charge is -2.27. The van der Waals surface area contributed by atoms with Crippen LogP contribution >= 0.6 is 0 Å². The first-order chi connectivity index (χ1) is 9.63. The highest BCUT2D eigenvalue weighted by molar-refractivity contribution is 5.54. The minimum atomic E-state index is 0.195. The van der Waals surface area contributed by atoms with Gasteiger partial charge in [0.2, 0.25) is 0 Å². The standard InChI is InChI=1S/C17H28N2O/c1-4-11-18-13(2)16-10-9-15(12-17(16)20)19(3)14-7-5-6-8-14/h9-10,12-14,18,20H,4-8,11H2,1-3H3. The minimum absolute atomic E-state index is 0.195. The van der Waals surface area contributed by atoms with Crippen LogP contribution in [0.25, 0.3) is 0 Å². The third-order valence-corrected chi connectivity index (χ3v) is 4.46. The molecule has 1 unspecified atom stereocenters. The van der Waals surface area contributed by atoms with Crippen LogP contribution < -0.4 is 10.2 Å². The Balaban J connectivity index is 2.08. The molecule has 1 saturated carbocycles. The summed E-state index contributed by atoms with van der Waals surface area (Å²) in [7, 11) is 2.14. The van der Waals surface area contributed by atoms with E-state index in [9.17, 15) is 5.11 Å². The Labute approximate surface area is 123 Å². The molecule has 0 aliphatic heterocycles. The van der Waals surface area contributed by atoms with Gasteiger partial charge in [-0.3, -0.25) is 0 Å². The normalized spacial score (nSPS) is 17.4. The number of anilines is 1. The van der Waals surface area contributed by atoms with Crippen LogP contribution in [0.4, 0.5) is 5.69 Å². The molecule has 2 N–H and O–H groups in total. The van der Waals surface area contributed by atoms with E-state index in [2.05, 4.69) is 43.2 Å². The second-order valence-electron chi connectivity index (χ2n) is 5.97.